The molecule has 0 aliphatic heterocycles. The topological polar surface area (TPSA) is 32.3 Å². The minimum Gasteiger partial charge on any atom is -0.396 e. The molecule has 0 saturated heterocycles. The average Bonchev–Trinajstić information content (AvgIpc) is 1.96. The summed E-state index contributed by atoms with van der Waals surface area (Å²) >= 11 is 0. The molecule has 72 valence electrons. The largest absolute Gasteiger partial charge is 0.396 e. The highest BCUT2D eigenvalue weighted by atomic mass is 16.3. The highest BCUT2D eigenvalue weighted by molar-refractivity contribution is 4.82. The van der Waals surface area contributed by atoms with Crippen molar-refractivity contribution in [1.29, 1.82) is 0 Å². The molecule has 0 bridgehead atoms. The number of hydrogen-bond donors (Lipinski definition) is 2. The summed E-state index contributed by atoms with van der Waals surface area (Å²) < 4.78 is 0. The molecule has 1 fully saturated rings. The third-order valence-electron chi connectivity index (χ3n) is 2.75. The first kappa shape index (κ1) is 10.0. The molecular formula is C10H21NO. The first-order valence-electron chi connectivity index (χ1n) is 5.06. The summed E-state index contributed by atoms with van der Waals surface area (Å²) in [6.07, 6.45) is 3.60. The summed E-state index contributed by atoms with van der Waals surface area (Å²) in [5, 5.41) is 12.2. The highest BCUT2D eigenvalue weighted by Crippen LogP contribution is 2.26. The molecule has 1 aliphatic carbocycles. The van der Waals surface area contributed by atoms with Crippen molar-refractivity contribution in [3.05, 3.63) is 0 Å². The van der Waals surface area contributed by atoms with Crippen LogP contribution in [0.3, 0.4) is 0 Å². The second kappa shape index (κ2) is 4.83. The molecule has 1 aliphatic rings. The first-order chi connectivity index (χ1) is 5.72. The fourth-order valence-electron chi connectivity index (χ4n) is 1.76. The van der Waals surface area contributed by atoms with Gasteiger partial charge >= 0.3 is 0 Å². The van der Waals surface area contributed by atoms with E-state index in [-0.39, 0.29) is 0 Å². The van der Waals surface area contributed by atoms with Crippen LogP contribution in [-0.2, 0) is 0 Å². The Morgan fingerprint density at radius 2 is 2.17 bits per heavy atom. The maximum atomic E-state index is 8.69. The predicted molar refractivity (Wildman–Crippen MR) is 51.1 cm³/mol. The Kier molecular flexibility index (Phi) is 4.02. The Morgan fingerprint density at radius 1 is 1.50 bits per heavy atom. The molecule has 1 saturated carbocycles. The Bertz CT molecular complexity index is 116. The Labute approximate surface area is 75.4 Å². The molecule has 2 N–H and O–H groups in total. The summed E-state index contributed by atoms with van der Waals surface area (Å²) in [7, 11) is 0. The van der Waals surface area contributed by atoms with Gasteiger partial charge in [0.05, 0.1) is 0 Å². The van der Waals surface area contributed by atoms with Crippen LogP contribution in [0.2, 0.25) is 0 Å². The van der Waals surface area contributed by atoms with Crippen molar-refractivity contribution in [3.63, 3.8) is 0 Å². The molecule has 2 heteroatoms. The molecule has 1 atom stereocenters. The van der Waals surface area contributed by atoms with E-state index in [1.54, 1.807) is 0 Å². The van der Waals surface area contributed by atoms with Gasteiger partial charge in [-0.15, -0.1) is 0 Å². The molecule has 0 amide bonds. The molecule has 0 aromatic carbocycles. The van der Waals surface area contributed by atoms with Crippen LogP contribution in [-0.4, -0.2) is 24.3 Å². The summed E-state index contributed by atoms with van der Waals surface area (Å²) in [5.74, 6) is 1.54. The van der Waals surface area contributed by atoms with Gasteiger partial charge in [0.25, 0.3) is 0 Å². The maximum absolute atomic E-state index is 8.69. The number of nitrogens with one attached hydrogen (secondary N) is 1. The average molecular weight is 171 g/mol. The monoisotopic (exact) mass is 171 g/mol. The van der Waals surface area contributed by atoms with Gasteiger partial charge in [-0.2, -0.15) is 0 Å². The summed E-state index contributed by atoms with van der Waals surface area (Å²) in [6, 6.07) is 0.765. The smallest absolute Gasteiger partial charge is 0.0434 e. The lowest BCUT2D eigenvalue weighted by Crippen LogP contribution is -2.42. The minimum atomic E-state index is 0.323. The van der Waals surface area contributed by atoms with Gasteiger partial charge in [0, 0.05) is 12.6 Å². The van der Waals surface area contributed by atoms with Crippen LogP contribution in [0.5, 0.6) is 0 Å². The maximum Gasteiger partial charge on any atom is 0.0434 e. The van der Waals surface area contributed by atoms with Gasteiger partial charge in [0.15, 0.2) is 0 Å². The lowest BCUT2D eigenvalue weighted by molar-refractivity contribution is 0.218. The second-order valence-electron chi connectivity index (χ2n) is 4.30. The van der Waals surface area contributed by atoms with Crippen LogP contribution < -0.4 is 5.32 Å². The Morgan fingerprint density at radius 3 is 2.67 bits per heavy atom. The van der Waals surface area contributed by atoms with Crippen LogP contribution in [0, 0.1) is 11.8 Å². The van der Waals surface area contributed by atoms with E-state index < -0.39 is 0 Å². The van der Waals surface area contributed by atoms with Gasteiger partial charge in [-0.25, -0.2) is 0 Å². The highest BCUT2D eigenvalue weighted by Gasteiger charge is 2.24. The third-order valence-corrected chi connectivity index (χ3v) is 2.75. The van der Waals surface area contributed by atoms with Crippen molar-refractivity contribution >= 4 is 0 Å². The van der Waals surface area contributed by atoms with E-state index in [0.717, 1.165) is 24.9 Å². The molecule has 2 nitrogen and oxygen atoms in total. The molecule has 0 radical (unpaired) electrons. The zero-order valence-corrected chi connectivity index (χ0v) is 8.21. The van der Waals surface area contributed by atoms with Crippen LogP contribution in [0.15, 0.2) is 0 Å². The Balaban J connectivity index is 1.95. The van der Waals surface area contributed by atoms with Crippen LogP contribution in [0.25, 0.3) is 0 Å². The van der Waals surface area contributed by atoms with Crippen LogP contribution in [0.4, 0.5) is 0 Å². The van der Waals surface area contributed by atoms with Gasteiger partial charge in [-0.05, 0) is 37.6 Å². The van der Waals surface area contributed by atoms with E-state index in [0.29, 0.717) is 12.5 Å². The third kappa shape index (κ3) is 3.11. The first-order valence-corrected chi connectivity index (χ1v) is 5.06. The lowest BCUT2D eigenvalue weighted by atomic mass is 9.82. The van der Waals surface area contributed by atoms with Crippen molar-refractivity contribution in [1.82, 2.24) is 5.32 Å². The molecule has 0 spiro atoms. The van der Waals surface area contributed by atoms with E-state index in [2.05, 4.69) is 19.2 Å². The number of rotatable bonds is 5. The van der Waals surface area contributed by atoms with Crippen molar-refractivity contribution < 1.29 is 5.11 Å². The number of aliphatic hydroxyl groups is 1. The molecular weight excluding hydrogens is 150 g/mol. The zero-order valence-electron chi connectivity index (χ0n) is 8.21. The van der Waals surface area contributed by atoms with Gasteiger partial charge < -0.3 is 10.4 Å². The van der Waals surface area contributed by atoms with Gasteiger partial charge in [0.2, 0.25) is 0 Å². The van der Waals surface area contributed by atoms with E-state index in [9.17, 15) is 0 Å². The van der Waals surface area contributed by atoms with Crippen LogP contribution >= 0.6 is 0 Å². The van der Waals surface area contributed by atoms with Gasteiger partial charge in [0.1, 0.15) is 0 Å². The van der Waals surface area contributed by atoms with E-state index in [1.807, 2.05) is 0 Å². The van der Waals surface area contributed by atoms with Gasteiger partial charge in [-0.1, -0.05) is 13.8 Å². The van der Waals surface area contributed by atoms with Crippen molar-refractivity contribution in [2.24, 2.45) is 11.8 Å². The zero-order chi connectivity index (χ0) is 8.97. The second-order valence-corrected chi connectivity index (χ2v) is 4.30. The lowest BCUT2D eigenvalue weighted by Gasteiger charge is -2.34. The van der Waals surface area contributed by atoms with Crippen molar-refractivity contribution in [2.75, 3.05) is 13.2 Å². The molecule has 1 rings (SSSR count). The standard InChI is InChI=1S/C10H21NO/c1-8(3-4-12)7-11-10-5-9(2)6-10/h8-12H,3-7H2,1-2H3. The number of hydrogen-bond acceptors (Lipinski definition) is 2. The fraction of sp³-hybridized carbons (Fsp3) is 1.00. The van der Waals surface area contributed by atoms with Crippen molar-refractivity contribution in [2.45, 2.75) is 39.2 Å². The van der Waals surface area contributed by atoms with E-state index in [4.69, 9.17) is 5.11 Å². The number of aliphatic hydroxyl groups excluding tert-OH is 1. The van der Waals surface area contributed by atoms with E-state index >= 15 is 0 Å². The van der Waals surface area contributed by atoms with Gasteiger partial charge in [-0.3, -0.25) is 0 Å². The summed E-state index contributed by atoms with van der Waals surface area (Å²) in [4.78, 5) is 0. The Hall–Kier alpha value is -0.0800. The fourth-order valence-corrected chi connectivity index (χ4v) is 1.76. The SMILES string of the molecule is CC(CCO)CNC1CC(C)C1. The van der Waals surface area contributed by atoms with Crippen LogP contribution in [0.1, 0.15) is 33.1 Å². The molecule has 0 aromatic heterocycles. The van der Waals surface area contributed by atoms with E-state index in [1.165, 1.54) is 12.8 Å². The predicted octanol–water partition coefficient (Wildman–Crippen LogP) is 1.39. The minimum absolute atomic E-state index is 0.323. The molecule has 0 heterocycles. The molecule has 1 unspecified atom stereocenters. The van der Waals surface area contributed by atoms with Crippen molar-refractivity contribution in [3.8, 4) is 0 Å². The quantitative estimate of drug-likeness (QED) is 0.655. The molecule has 12 heavy (non-hydrogen) atoms. The molecule has 0 aromatic rings. The summed E-state index contributed by atoms with van der Waals surface area (Å²) in [6.45, 7) is 5.88. The summed E-state index contributed by atoms with van der Waals surface area (Å²) in [5.41, 5.74) is 0. The normalized spacial score (nSPS) is 31.2.